The van der Waals surface area contributed by atoms with E-state index in [1.807, 2.05) is 0 Å². The monoisotopic (exact) mass is 391 g/mol. The number of sulfone groups is 1. The number of amides is 1. The van der Waals surface area contributed by atoms with Crippen LogP contribution in [-0.4, -0.2) is 30.5 Å². The largest absolute Gasteiger partial charge is 0.319 e. The predicted molar refractivity (Wildman–Crippen MR) is 97.5 cm³/mol. The second kappa shape index (κ2) is 6.93. The van der Waals surface area contributed by atoms with E-state index in [-0.39, 0.29) is 10.6 Å². The van der Waals surface area contributed by atoms with Crippen molar-refractivity contribution in [3.05, 3.63) is 59.1 Å². The van der Waals surface area contributed by atoms with Crippen LogP contribution in [0.1, 0.15) is 16.1 Å². The van der Waals surface area contributed by atoms with Crippen molar-refractivity contribution in [1.82, 2.24) is 9.97 Å². The molecule has 0 saturated heterocycles. The van der Waals surface area contributed by atoms with E-state index in [1.165, 1.54) is 23.5 Å². The molecule has 0 fully saturated rings. The van der Waals surface area contributed by atoms with Gasteiger partial charge in [-0.1, -0.05) is 0 Å². The molecule has 0 aliphatic heterocycles. The Balaban J connectivity index is 1.89. The highest BCUT2D eigenvalue weighted by molar-refractivity contribution is 7.90. The molecule has 0 saturated carbocycles. The Morgan fingerprint density at radius 2 is 2.00 bits per heavy atom. The second-order valence-electron chi connectivity index (χ2n) is 5.62. The highest BCUT2D eigenvalue weighted by Crippen LogP contribution is 2.24. The Morgan fingerprint density at radius 3 is 2.62 bits per heavy atom. The van der Waals surface area contributed by atoms with E-state index in [0.29, 0.717) is 17.0 Å². The van der Waals surface area contributed by atoms with Gasteiger partial charge in [-0.2, -0.15) is 0 Å². The number of rotatable bonds is 4. The van der Waals surface area contributed by atoms with Gasteiger partial charge in [-0.3, -0.25) is 14.8 Å². The third kappa shape index (κ3) is 3.94. The van der Waals surface area contributed by atoms with Crippen LogP contribution >= 0.6 is 11.3 Å². The molecular weight excluding hydrogens is 377 g/mol. The Labute approximate surface area is 153 Å². The summed E-state index contributed by atoms with van der Waals surface area (Å²) >= 11 is 1.39. The molecule has 134 valence electrons. The summed E-state index contributed by atoms with van der Waals surface area (Å²) in [6.45, 7) is 1.75. The lowest BCUT2D eigenvalue weighted by atomic mass is 10.1. The van der Waals surface area contributed by atoms with E-state index in [1.54, 1.807) is 30.8 Å². The Kier molecular flexibility index (Phi) is 4.84. The summed E-state index contributed by atoms with van der Waals surface area (Å²) in [5.74, 6) is -1.35. The molecule has 26 heavy (non-hydrogen) atoms. The minimum atomic E-state index is -3.52. The molecule has 1 aromatic carbocycles. The summed E-state index contributed by atoms with van der Waals surface area (Å²) in [5.41, 5.74) is 3.11. The zero-order valence-electron chi connectivity index (χ0n) is 13.9. The molecule has 0 atom stereocenters. The number of benzene rings is 1. The van der Waals surface area contributed by atoms with E-state index in [2.05, 4.69) is 15.3 Å². The topological polar surface area (TPSA) is 89.0 Å². The molecule has 1 amide bonds. The van der Waals surface area contributed by atoms with Gasteiger partial charge in [0.05, 0.1) is 26.7 Å². The molecule has 1 N–H and O–H groups in total. The third-order valence-corrected chi connectivity index (χ3v) is 5.42. The van der Waals surface area contributed by atoms with Gasteiger partial charge < -0.3 is 5.32 Å². The molecule has 0 bridgehead atoms. The van der Waals surface area contributed by atoms with Crippen molar-refractivity contribution in [1.29, 1.82) is 0 Å². The van der Waals surface area contributed by atoms with Crippen molar-refractivity contribution in [3.63, 3.8) is 0 Å². The second-order valence-corrected chi connectivity index (χ2v) is 8.52. The summed E-state index contributed by atoms with van der Waals surface area (Å²) in [4.78, 5) is 21.5. The lowest BCUT2D eigenvalue weighted by molar-refractivity contribution is 0.102. The average molecular weight is 391 g/mol. The first kappa shape index (κ1) is 18.2. The standard InChI is InChI=1S/C17H14FN3O3S2/c1-10-5-11(6-15(20-10)16-8-19-9-25-16)17(22)21-14-4-3-12(7-13(14)18)26(2,23)24/h3-9H,1-2H3,(H,21,22). The molecule has 6 nitrogen and oxygen atoms in total. The smallest absolute Gasteiger partial charge is 0.255 e. The van der Waals surface area contributed by atoms with Gasteiger partial charge in [0, 0.05) is 23.7 Å². The number of pyridine rings is 1. The maximum absolute atomic E-state index is 14.1. The maximum Gasteiger partial charge on any atom is 0.255 e. The van der Waals surface area contributed by atoms with E-state index in [4.69, 9.17) is 0 Å². The molecule has 2 aromatic heterocycles. The number of anilines is 1. The quantitative estimate of drug-likeness (QED) is 0.737. The number of hydrogen-bond acceptors (Lipinski definition) is 6. The first-order chi connectivity index (χ1) is 12.2. The van der Waals surface area contributed by atoms with Gasteiger partial charge in [-0.15, -0.1) is 11.3 Å². The van der Waals surface area contributed by atoms with Crippen molar-refractivity contribution in [2.24, 2.45) is 0 Å². The van der Waals surface area contributed by atoms with Crippen LogP contribution in [0, 0.1) is 12.7 Å². The fraction of sp³-hybridized carbons (Fsp3) is 0.118. The number of thiazole rings is 1. The zero-order chi connectivity index (χ0) is 18.9. The Hall–Kier alpha value is -2.65. The number of aryl methyl sites for hydroxylation is 1. The molecule has 3 aromatic rings. The molecule has 0 aliphatic carbocycles. The first-order valence-corrected chi connectivity index (χ1v) is 10.2. The lowest BCUT2D eigenvalue weighted by Gasteiger charge is -2.09. The van der Waals surface area contributed by atoms with Crippen LogP contribution in [0.4, 0.5) is 10.1 Å². The predicted octanol–water partition coefficient (Wildman–Crippen LogP) is 3.31. The summed E-state index contributed by atoms with van der Waals surface area (Å²) < 4.78 is 37.1. The Bertz CT molecular complexity index is 1080. The number of nitrogens with one attached hydrogen (secondary N) is 1. The number of carbonyl (C=O) groups excluding carboxylic acids is 1. The highest BCUT2D eigenvalue weighted by Gasteiger charge is 2.15. The number of halogens is 1. The summed E-state index contributed by atoms with van der Waals surface area (Å²) in [5, 5.41) is 2.46. The third-order valence-electron chi connectivity index (χ3n) is 3.52. The minimum absolute atomic E-state index is 0.101. The number of nitrogens with zero attached hydrogens (tertiary/aromatic N) is 2. The molecular formula is C17H14FN3O3S2. The van der Waals surface area contributed by atoms with Crippen molar-refractivity contribution in [2.45, 2.75) is 11.8 Å². The van der Waals surface area contributed by atoms with Crippen LogP contribution in [0.5, 0.6) is 0 Å². The highest BCUT2D eigenvalue weighted by atomic mass is 32.2. The zero-order valence-corrected chi connectivity index (χ0v) is 15.5. The van der Waals surface area contributed by atoms with Gasteiger partial charge in [0.1, 0.15) is 5.82 Å². The van der Waals surface area contributed by atoms with Crippen molar-refractivity contribution in [2.75, 3.05) is 11.6 Å². The minimum Gasteiger partial charge on any atom is -0.319 e. The van der Waals surface area contributed by atoms with Crippen LogP contribution in [0.2, 0.25) is 0 Å². The van der Waals surface area contributed by atoms with Gasteiger partial charge in [-0.05, 0) is 37.3 Å². The van der Waals surface area contributed by atoms with Crippen molar-refractivity contribution >= 4 is 32.8 Å². The van der Waals surface area contributed by atoms with E-state index >= 15 is 0 Å². The van der Waals surface area contributed by atoms with Crippen LogP contribution < -0.4 is 5.32 Å². The van der Waals surface area contributed by atoms with Gasteiger partial charge in [0.2, 0.25) is 0 Å². The average Bonchev–Trinajstić information content (AvgIpc) is 3.09. The Morgan fingerprint density at radius 1 is 1.23 bits per heavy atom. The molecule has 9 heteroatoms. The number of aromatic nitrogens is 2. The molecule has 2 heterocycles. The fourth-order valence-electron chi connectivity index (χ4n) is 2.29. The maximum atomic E-state index is 14.1. The van der Waals surface area contributed by atoms with E-state index in [9.17, 15) is 17.6 Å². The summed E-state index contributed by atoms with van der Waals surface area (Å²) in [6, 6.07) is 6.53. The van der Waals surface area contributed by atoms with Crippen LogP contribution in [0.25, 0.3) is 10.6 Å². The van der Waals surface area contributed by atoms with Crippen LogP contribution in [0.15, 0.2) is 46.9 Å². The van der Waals surface area contributed by atoms with E-state index in [0.717, 1.165) is 17.2 Å². The normalized spacial score (nSPS) is 11.3. The fourth-order valence-corrected chi connectivity index (χ4v) is 3.51. The van der Waals surface area contributed by atoms with Crippen LogP contribution in [-0.2, 0) is 9.84 Å². The van der Waals surface area contributed by atoms with Crippen LogP contribution in [0.3, 0.4) is 0 Å². The summed E-state index contributed by atoms with van der Waals surface area (Å²) in [7, 11) is -3.52. The van der Waals surface area contributed by atoms with Gasteiger partial charge >= 0.3 is 0 Å². The SMILES string of the molecule is Cc1cc(C(=O)Nc2ccc(S(C)(=O)=O)cc2F)cc(-c2cncs2)n1. The number of carbonyl (C=O) groups is 1. The van der Waals surface area contributed by atoms with Crippen molar-refractivity contribution in [3.8, 4) is 10.6 Å². The molecule has 0 spiro atoms. The molecule has 0 radical (unpaired) electrons. The first-order valence-electron chi connectivity index (χ1n) is 7.42. The molecule has 3 rings (SSSR count). The van der Waals surface area contributed by atoms with Crippen molar-refractivity contribution < 1.29 is 17.6 Å². The molecule has 0 aliphatic rings. The van der Waals surface area contributed by atoms with Gasteiger partial charge in [0.15, 0.2) is 9.84 Å². The van der Waals surface area contributed by atoms with E-state index < -0.39 is 21.6 Å². The molecule has 0 unspecified atom stereocenters. The lowest BCUT2D eigenvalue weighted by Crippen LogP contribution is -2.14. The summed E-state index contributed by atoms with van der Waals surface area (Å²) in [6.07, 6.45) is 2.64. The van der Waals surface area contributed by atoms with Gasteiger partial charge in [-0.25, -0.2) is 12.8 Å². The number of hydrogen-bond donors (Lipinski definition) is 1. The van der Waals surface area contributed by atoms with Gasteiger partial charge in [0.25, 0.3) is 5.91 Å².